The number of carbonyl (C=O) groups excluding carboxylic acids is 3. The number of methoxy groups -OCH3 is 1. The van der Waals surface area contributed by atoms with Gasteiger partial charge in [-0.1, -0.05) is 36.4 Å². The highest BCUT2D eigenvalue weighted by atomic mass is 16.5. The van der Waals surface area contributed by atoms with Crippen LogP contribution < -0.4 is 15.4 Å². The summed E-state index contributed by atoms with van der Waals surface area (Å²) in [6.07, 6.45) is 2.87. The minimum Gasteiger partial charge on any atom is -0.496 e. The van der Waals surface area contributed by atoms with Crippen molar-refractivity contribution in [2.24, 2.45) is 0 Å². The van der Waals surface area contributed by atoms with E-state index in [2.05, 4.69) is 15.6 Å². The summed E-state index contributed by atoms with van der Waals surface area (Å²) in [6.45, 7) is 0.633. The minimum absolute atomic E-state index is 0.141. The Morgan fingerprint density at radius 3 is 2.72 bits per heavy atom. The molecule has 4 rings (SSSR count). The van der Waals surface area contributed by atoms with Crippen molar-refractivity contribution >= 4 is 28.7 Å². The highest BCUT2D eigenvalue weighted by Crippen LogP contribution is 2.20. The van der Waals surface area contributed by atoms with Gasteiger partial charge in [-0.05, 0) is 30.5 Å². The number of aromatic nitrogens is 1. The van der Waals surface area contributed by atoms with Crippen molar-refractivity contribution in [3.63, 3.8) is 0 Å². The van der Waals surface area contributed by atoms with Crippen LogP contribution in [-0.4, -0.2) is 47.4 Å². The number of H-pyrrole nitrogens is 1. The molecule has 8 heteroatoms. The predicted molar refractivity (Wildman–Crippen MR) is 120 cm³/mol. The van der Waals surface area contributed by atoms with Crippen LogP contribution in [-0.2, 0) is 22.6 Å². The fourth-order valence-corrected chi connectivity index (χ4v) is 3.96. The van der Waals surface area contributed by atoms with E-state index < -0.39 is 12.1 Å². The minimum atomic E-state index is -0.678. The third-order valence-electron chi connectivity index (χ3n) is 5.72. The van der Waals surface area contributed by atoms with Crippen molar-refractivity contribution in [3.05, 3.63) is 65.9 Å². The Labute approximate surface area is 185 Å². The Hall–Kier alpha value is -3.81. The molecule has 8 nitrogen and oxygen atoms in total. The maximum Gasteiger partial charge on any atom is 0.324 e. The second-order valence-corrected chi connectivity index (χ2v) is 7.73. The number of hydrogen-bond donors (Lipinski definition) is 3. The number of hydrogen-bond acceptors (Lipinski definition) is 4. The van der Waals surface area contributed by atoms with Gasteiger partial charge >= 0.3 is 6.03 Å². The van der Waals surface area contributed by atoms with Crippen molar-refractivity contribution in [2.45, 2.75) is 31.8 Å². The zero-order chi connectivity index (χ0) is 22.5. The molecule has 1 aliphatic heterocycles. The van der Waals surface area contributed by atoms with Gasteiger partial charge in [0, 0.05) is 42.2 Å². The first-order valence-corrected chi connectivity index (χ1v) is 10.6. The third-order valence-corrected chi connectivity index (χ3v) is 5.72. The van der Waals surface area contributed by atoms with E-state index in [-0.39, 0.29) is 24.7 Å². The van der Waals surface area contributed by atoms with Gasteiger partial charge in [0.2, 0.25) is 5.91 Å². The molecule has 0 aliphatic carbocycles. The number of ether oxygens (including phenoxy) is 1. The van der Waals surface area contributed by atoms with Gasteiger partial charge in [0.1, 0.15) is 11.8 Å². The molecule has 2 heterocycles. The normalized spacial score (nSPS) is 15.8. The molecule has 4 amide bonds. The van der Waals surface area contributed by atoms with Gasteiger partial charge in [0.05, 0.1) is 7.11 Å². The van der Waals surface area contributed by atoms with E-state index in [1.807, 2.05) is 54.7 Å². The lowest BCUT2D eigenvalue weighted by Gasteiger charge is -2.13. The van der Waals surface area contributed by atoms with Crippen LogP contribution in [0.3, 0.4) is 0 Å². The first-order valence-electron chi connectivity index (χ1n) is 10.6. The number of amides is 4. The maximum atomic E-state index is 12.7. The van der Waals surface area contributed by atoms with Crippen LogP contribution in [0.5, 0.6) is 5.75 Å². The summed E-state index contributed by atoms with van der Waals surface area (Å²) < 4.78 is 5.28. The summed E-state index contributed by atoms with van der Waals surface area (Å²) in [5, 5.41) is 6.62. The lowest BCUT2D eigenvalue weighted by atomic mass is 10.1. The standard InChI is InChI=1S/C24H26N4O4/c1-32-21-9-5-2-6-17(21)15-26-22(29)11-10-20-23(30)28(24(31)27-20)13-12-16-14-25-19-8-4-3-7-18(16)19/h2-9,14,20,25H,10-13,15H2,1H3,(H,26,29)(H,27,31). The van der Waals surface area contributed by atoms with E-state index in [0.29, 0.717) is 25.3 Å². The monoisotopic (exact) mass is 434 g/mol. The van der Waals surface area contributed by atoms with Crippen LogP contribution in [0.2, 0.25) is 0 Å². The molecule has 32 heavy (non-hydrogen) atoms. The highest BCUT2D eigenvalue weighted by molar-refractivity contribution is 6.04. The van der Waals surface area contributed by atoms with Crippen LogP contribution in [0.25, 0.3) is 10.9 Å². The molecule has 1 aromatic heterocycles. The largest absolute Gasteiger partial charge is 0.496 e. The van der Waals surface area contributed by atoms with Gasteiger partial charge in [0.25, 0.3) is 5.91 Å². The number of para-hydroxylation sites is 2. The fraction of sp³-hybridized carbons (Fsp3) is 0.292. The van der Waals surface area contributed by atoms with Crippen LogP contribution >= 0.6 is 0 Å². The van der Waals surface area contributed by atoms with Crippen molar-refractivity contribution in [2.75, 3.05) is 13.7 Å². The summed E-state index contributed by atoms with van der Waals surface area (Å²) in [7, 11) is 1.58. The number of benzene rings is 2. The first kappa shape index (κ1) is 21.4. The number of aromatic amines is 1. The number of rotatable bonds is 9. The molecular formula is C24H26N4O4. The average Bonchev–Trinajstić information content (AvgIpc) is 3.35. The summed E-state index contributed by atoms with van der Waals surface area (Å²) in [4.78, 5) is 41.7. The Morgan fingerprint density at radius 1 is 1.09 bits per heavy atom. The maximum absolute atomic E-state index is 12.7. The molecule has 1 fully saturated rings. The molecule has 1 aliphatic rings. The molecule has 166 valence electrons. The van der Waals surface area contributed by atoms with E-state index in [0.717, 1.165) is 22.0 Å². The zero-order valence-corrected chi connectivity index (χ0v) is 17.9. The Morgan fingerprint density at radius 2 is 1.88 bits per heavy atom. The van der Waals surface area contributed by atoms with Gasteiger partial charge in [0.15, 0.2) is 0 Å². The topological polar surface area (TPSA) is 104 Å². The van der Waals surface area contributed by atoms with Crippen molar-refractivity contribution in [1.29, 1.82) is 0 Å². The smallest absolute Gasteiger partial charge is 0.324 e. The second kappa shape index (κ2) is 9.55. The average molecular weight is 434 g/mol. The quantitative estimate of drug-likeness (QED) is 0.451. The summed E-state index contributed by atoms with van der Waals surface area (Å²) in [6, 6.07) is 14.3. The predicted octanol–water partition coefficient (Wildman–Crippen LogP) is 2.74. The number of fused-ring (bicyclic) bond motifs is 1. The highest BCUT2D eigenvalue weighted by Gasteiger charge is 2.37. The van der Waals surface area contributed by atoms with E-state index in [4.69, 9.17) is 4.74 Å². The van der Waals surface area contributed by atoms with Crippen LogP contribution in [0.1, 0.15) is 24.0 Å². The van der Waals surface area contributed by atoms with E-state index in [1.54, 1.807) is 7.11 Å². The molecule has 1 saturated heterocycles. The second-order valence-electron chi connectivity index (χ2n) is 7.73. The lowest BCUT2D eigenvalue weighted by molar-refractivity contribution is -0.127. The molecule has 0 spiro atoms. The number of nitrogens with one attached hydrogen (secondary N) is 3. The van der Waals surface area contributed by atoms with Crippen LogP contribution in [0.4, 0.5) is 4.79 Å². The SMILES string of the molecule is COc1ccccc1CNC(=O)CCC1NC(=O)N(CCc2c[nH]c3ccccc23)C1=O. The molecule has 1 unspecified atom stereocenters. The number of nitrogens with zero attached hydrogens (tertiary/aromatic N) is 1. The van der Waals surface area contributed by atoms with Crippen molar-refractivity contribution in [1.82, 2.24) is 20.5 Å². The molecule has 2 aromatic carbocycles. The van der Waals surface area contributed by atoms with Gasteiger partial charge in [-0.3, -0.25) is 14.5 Å². The molecule has 0 radical (unpaired) electrons. The Bertz CT molecular complexity index is 1140. The Balaban J connectivity index is 1.26. The van der Waals surface area contributed by atoms with Gasteiger partial charge in [-0.15, -0.1) is 0 Å². The van der Waals surface area contributed by atoms with Crippen molar-refractivity contribution < 1.29 is 19.1 Å². The van der Waals surface area contributed by atoms with Crippen LogP contribution in [0.15, 0.2) is 54.7 Å². The summed E-state index contributed by atoms with van der Waals surface area (Å²) in [5.74, 6) is 0.236. The lowest BCUT2D eigenvalue weighted by Crippen LogP contribution is -2.34. The molecule has 3 aromatic rings. The molecule has 0 saturated carbocycles. The summed E-state index contributed by atoms with van der Waals surface area (Å²) in [5.41, 5.74) is 2.95. The molecule has 3 N–H and O–H groups in total. The van der Waals surface area contributed by atoms with E-state index in [1.165, 1.54) is 4.90 Å². The van der Waals surface area contributed by atoms with E-state index in [9.17, 15) is 14.4 Å². The van der Waals surface area contributed by atoms with E-state index >= 15 is 0 Å². The third kappa shape index (κ3) is 4.59. The fourth-order valence-electron chi connectivity index (χ4n) is 3.96. The zero-order valence-electron chi connectivity index (χ0n) is 17.9. The number of urea groups is 1. The van der Waals surface area contributed by atoms with Gasteiger partial charge < -0.3 is 20.4 Å². The Kier molecular flexibility index (Phi) is 6.39. The number of imide groups is 1. The molecular weight excluding hydrogens is 408 g/mol. The number of carbonyl (C=O) groups is 3. The van der Waals surface area contributed by atoms with Crippen molar-refractivity contribution in [3.8, 4) is 5.75 Å². The molecule has 1 atom stereocenters. The first-order chi connectivity index (χ1) is 15.6. The van der Waals surface area contributed by atoms with Crippen LogP contribution in [0, 0.1) is 0 Å². The van der Waals surface area contributed by atoms with Gasteiger partial charge in [-0.2, -0.15) is 0 Å². The summed E-state index contributed by atoms with van der Waals surface area (Å²) >= 11 is 0. The molecule has 0 bridgehead atoms. The van der Waals surface area contributed by atoms with Gasteiger partial charge in [-0.25, -0.2) is 4.79 Å².